The lowest BCUT2D eigenvalue weighted by Gasteiger charge is -2.17. The first-order valence-corrected chi connectivity index (χ1v) is 5.63. The Balaban J connectivity index is 4.44. The molecule has 78 valence electrons. The summed E-state index contributed by atoms with van der Waals surface area (Å²) in [7, 11) is -2.05. The van der Waals surface area contributed by atoms with Gasteiger partial charge in [0.05, 0.1) is 12.9 Å². The molecular weight excluding hydrogens is 194 g/mol. The van der Waals surface area contributed by atoms with Crippen LogP contribution in [0, 0.1) is 0 Å². The minimum atomic E-state index is -3.28. The molecule has 0 aromatic rings. The predicted molar refractivity (Wildman–Crippen MR) is 48.7 cm³/mol. The molecule has 0 atom stereocenters. The Morgan fingerprint density at radius 1 is 1.38 bits per heavy atom. The van der Waals surface area contributed by atoms with Crippen molar-refractivity contribution in [3.05, 3.63) is 0 Å². The fourth-order valence-electron chi connectivity index (χ4n) is 0.798. The van der Waals surface area contributed by atoms with Crippen LogP contribution in [0.15, 0.2) is 0 Å². The molecule has 0 fully saturated rings. The zero-order valence-electron chi connectivity index (χ0n) is 8.11. The number of nitrogens with zero attached hydrogens (tertiary/aromatic N) is 1. The van der Waals surface area contributed by atoms with Crippen LogP contribution in [0.2, 0.25) is 0 Å². The van der Waals surface area contributed by atoms with Crippen LogP contribution in [-0.2, 0) is 19.6 Å². The first-order chi connectivity index (χ1) is 5.97. The second kappa shape index (κ2) is 5.18. The van der Waals surface area contributed by atoms with Crippen molar-refractivity contribution in [2.45, 2.75) is 13.8 Å². The molecule has 0 aromatic heterocycles. The highest BCUT2D eigenvalue weighted by Gasteiger charge is 2.20. The highest BCUT2D eigenvalue weighted by molar-refractivity contribution is 7.89. The number of hydrogen-bond donors (Lipinski definition) is 0. The molecule has 0 aliphatic heterocycles. The van der Waals surface area contributed by atoms with E-state index in [1.54, 1.807) is 6.92 Å². The van der Waals surface area contributed by atoms with Crippen LogP contribution in [-0.4, -0.2) is 44.6 Å². The first kappa shape index (κ1) is 12.4. The first-order valence-electron chi connectivity index (χ1n) is 4.02. The van der Waals surface area contributed by atoms with E-state index in [-0.39, 0.29) is 18.8 Å². The number of likely N-dealkylation sites (N-methyl/N-ethyl adjacent to an activating group) is 1. The van der Waals surface area contributed by atoms with Crippen molar-refractivity contribution in [2.24, 2.45) is 0 Å². The summed E-state index contributed by atoms with van der Waals surface area (Å²) in [6, 6.07) is 0. The van der Waals surface area contributed by atoms with Crippen molar-refractivity contribution in [1.29, 1.82) is 0 Å². The number of carbonyl (C=O) groups is 1. The molecule has 0 saturated heterocycles. The third kappa shape index (κ3) is 3.73. The minimum absolute atomic E-state index is 0.00215. The minimum Gasteiger partial charge on any atom is -0.468 e. The van der Waals surface area contributed by atoms with Gasteiger partial charge in [0.1, 0.15) is 6.54 Å². The van der Waals surface area contributed by atoms with Crippen molar-refractivity contribution < 1.29 is 17.9 Å². The number of rotatable bonds is 5. The Morgan fingerprint density at radius 3 is 2.23 bits per heavy atom. The van der Waals surface area contributed by atoms with E-state index in [0.29, 0.717) is 0 Å². The molecular formula is C7H15NO4S. The average molecular weight is 209 g/mol. The molecule has 0 saturated carbocycles. The summed E-state index contributed by atoms with van der Waals surface area (Å²) in [4.78, 5) is 10.8. The largest absolute Gasteiger partial charge is 0.468 e. The van der Waals surface area contributed by atoms with Crippen molar-refractivity contribution in [2.75, 3.05) is 26.0 Å². The Morgan fingerprint density at radius 2 is 1.92 bits per heavy atom. The summed E-state index contributed by atoms with van der Waals surface area (Å²) in [5.41, 5.74) is 0. The van der Waals surface area contributed by atoms with Gasteiger partial charge in [0.25, 0.3) is 0 Å². The van der Waals surface area contributed by atoms with E-state index in [9.17, 15) is 13.2 Å². The van der Waals surface area contributed by atoms with E-state index in [1.807, 2.05) is 0 Å². The van der Waals surface area contributed by atoms with Gasteiger partial charge < -0.3 is 4.74 Å². The molecule has 0 rings (SSSR count). The van der Waals surface area contributed by atoms with Crippen LogP contribution in [0.25, 0.3) is 0 Å². The fourth-order valence-corrected chi connectivity index (χ4v) is 1.86. The zero-order valence-corrected chi connectivity index (χ0v) is 8.93. The molecule has 0 unspecified atom stereocenters. The van der Waals surface area contributed by atoms with Crippen LogP contribution in [0.5, 0.6) is 0 Å². The molecule has 0 heterocycles. The molecule has 0 bridgehead atoms. The summed E-state index contributed by atoms with van der Waals surface area (Å²) in [6.45, 7) is 3.29. The van der Waals surface area contributed by atoms with Crippen molar-refractivity contribution >= 4 is 16.0 Å². The predicted octanol–water partition coefficient (Wildman–Crippen LogP) is -0.169. The molecule has 0 N–H and O–H groups in total. The maximum Gasteiger partial charge on any atom is 0.321 e. The summed E-state index contributed by atoms with van der Waals surface area (Å²) in [5, 5.41) is 0. The number of hydrogen-bond acceptors (Lipinski definition) is 4. The van der Waals surface area contributed by atoms with Gasteiger partial charge in [-0.25, -0.2) is 8.42 Å². The summed E-state index contributed by atoms with van der Waals surface area (Å²) >= 11 is 0. The van der Waals surface area contributed by atoms with Crippen molar-refractivity contribution in [1.82, 2.24) is 4.31 Å². The van der Waals surface area contributed by atoms with Crippen LogP contribution in [0.1, 0.15) is 13.8 Å². The van der Waals surface area contributed by atoms with Crippen LogP contribution < -0.4 is 0 Å². The zero-order chi connectivity index (χ0) is 10.5. The molecule has 0 aromatic carbocycles. The standard InChI is InChI=1S/C7H15NO4S/c1-4-8(6-7(9)12-3)13(10,11)5-2/h4-6H2,1-3H3. The van der Waals surface area contributed by atoms with Gasteiger partial charge in [-0.15, -0.1) is 0 Å². The van der Waals surface area contributed by atoms with E-state index in [1.165, 1.54) is 14.0 Å². The summed E-state index contributed by atoms with van der Waals surface area (Å²) in [6.07, 6.45) is 0. The van der Waals surface area contributed by atoms with Crippen LogP contribution in [0.4, 0.5) is 0 Å². The smallest absolute Gasteiger partial charge is 0.321 e. The number of carbonyl (C=O) groups excluding carboxylic acids is 1. The Kier molecular flexibility index (Phi) is 4.94. The second-order valence-corrected chi connectivity index (χ2v) is 4.66. The monoisotopic (exact) mass is 209 g/mol. The molecule has 0 spiro atoms. The lowest BCUT2D eigenvalue weighted by molar-refractivity contribution is -0.140. The lowest BCUT2D eigenvalue weighted by atomic mass is 10.6. The molecule has 0 amide bonds. The molecule has 13 heavy (non-hydrogen) atoms. The van der Waals surface area contributed by atoms with Crippen LogP contribution >= 0.6 is 0 Å². The number of methoxy groups -OCH3 is 1. The Bertz CT molecular complexity index is 260. The van der Waals surface area contributed by atoms with Gasteiger partial charge in [0, 0.05) is 6.54 Å². The van der Waals surface area contributed by atoms with E-state index < -0.39 is 16.0 Å². The SMILES string of the molecule is CCN(CC(=O)OC)S(=O)(=O)CC. The fraction of sp³-hybridized carbons (Fsp3) is 0.857. The summed E-state index contributed by atoms with van der Waals surface area (Å²) < 4.78 is 28.1. The quantitative estimate of drug-likeness (QED) is 0.590. The second-order valence-electron chi connectivity index (χ2n) is 2.40. The molecule has 6 heteroatoms. The molecule has 0 aliphatic carbocycles. The highest BCUT2D eigenvalue weighted by Crippen LogP contribution is 2.00. The van der Waals surface area contributed by atoms with Gasteiger partial charge in [-0.1, -0.05) is 6.92 Å². The maximum absolute atomic E-state index is 11.3. The van der Waals surface area contributed by atoms with Gasteiger partial charge in [-0.05, 0) is 6.92 Å². The van der Waals surface area contributed by atoms with E-state index in [2.05, 4.69) is 4.74 Å². The number of ether oxygens (including phenoxy) is 1. The van der Waals surface area contributed by atoms with E-state index >= 15 is 0 Å². The van der Waals surface area contributed by atoms with Gasteiger partial charge in [0.15, 0.2) is 0 Å². The Labute approximate surface area is 78.7 Å². The highest BCUT2D eigenvalue weighted by atomic mass is 32.2. The molecule has 0 radical (unpaired) electrons. The maximum atomic E-state index is 11.3. The third-order valence-corrected chi connectivity index (χ3v) is 3.55. The topological polar surface area (TPSA) is 63.7 Å². The normalized spacial score (nSPS) is 11.7. The van der Waals surface area contributed by atoms with Gasteiger partial charge >= 0.3 is 5.97 Å². The van der Waals surface area contributed by atoms with Gasteiger partial charge in [0.2, 0.25) is 10.0 Å². The number of esters is 1. The molecule has 5 nitrogen and oxygen atoms in total. The average Bonchev–Trinajstić information content (AvgIpc) is 2.13. The van der Waals surface area contributed by atoms with Gasteiger partial charge in [-0.3, -0.25) is 4.79 Å². The van der Waals surface area contributed by atoms with Crippen molar-refractivity contribution in [3.63, 3.8) is 0 Å². The Hall–Kier alpha value is -0.620. The van der Waals surface area contributed by atoms with Crippen LogP contribution in [0.3, 0.4) is 0 Å². The van der Waals surface area contributed by atoms with E-state index in [0.717, 1.165) is 4.31 Å². The number of sulfonamides is 1. The molecule has 0 aliphatic rings. The summed E-state index contributed by atoms with van der Waals surface area (Å²) in [5.74, 6) is -0.545. The third-order valence-electron chi connectivity index (χ3n) is 1.64. The lowest BCUT2D eigenvalue weighted by Crippen LogP contribution is -2.36. The van der Waals surface area contributed by atoms with Crippen molar-refractivity contribution in [3.8, 4) is 0 Å². The van der Waals surface area contributed by atoms with Gasteiger partial charge in [-0.2, -0.15) is 4.31 Å². The van der Waals surface area contributed by atoms with E-state index in [4.69, 9.17) is 0 Å².